The number of nitrogens with zero attached hydrogens (tertiary/aromatic N) is 1. The van der Waals surface area contributed by atoms with E-state index in [2.05, 4.69) is 18.7 Å². The van der Waals surface area contributed by atoms with Gasteiger partial charge >= 0.3 is 0 Å². The van der Waals surface area contributed by atoms with Crippen LogP contribution in [0.5, 0.6) is 0 Å². The van der Waals surface area contributed by atoms with Gasteiger partial charge in [0.1, 0.15) is 0 Å². The molecule has 2 fully saturated rings. The van der Waals surface area contributed by atoms with Gasteiger partial charge < -0.3 is 9.47 Å². The van der Waals surface area contributed by atoms with Crippen molar-refractivity contribution in [2.45, 2.75) is 38.9 Å². The number of hydrogen-bond acceptors (Lipinski definition) is 3. The predicted molar refractivity (Wildman–Crippen MR) is 60.0 cm³/mol. The van der Waals surface area contributed by atoms with Crippen molar-refractivity contribution < 1.29 is 9.47 Å². The average molecular weight is 213 g/mol. The normalized spacial score (nSPS) is 25.6. The van der Waals surface area contributed by atoms with Gasteiger partial charge in [-0.05, 0) is 26.7 Å². The van der Waals surface area contributed by atoms with Gasteiger partial charge in [0.05, 0.1) is 18.8 Å². The number of methoxy groups -OCH3 is 1. The molecule has 1 heterocycles. The van der Waals surface area contributed by atoms with E-state index in [0.29, 0.717) is 17.6 Å². The van der Waals surface area contributed by atoms with Crippen LogP contribution in [0, 0.1) is 5.41 Å². The lowest BCUT2D eigenvalue weighted by Gasteiger charge is -2.40. The van der Waals surface area contributed by atoms with Gasteiger partial charge in [0.25, 0.3) is 0 Å². The maximum atomic E-state index is 5.73. The second-order valence-electron chi connectivity index (χ2n) is 5.41. The minimum absolute atomic E-state index is 0.366. The van der Waals surface area contributed by atoms with Crippen LogP contribution in [0.2, 0.25) is 0 Å². The highest BCUT2D eigenvalue weighted by atomic mass is 16.5. The van der Waals surface area contributed by atoms with E-state index in [4.69, 9.17) is 9.47 Å². The van der Waals surface area contributed by atoms with Crippen molar-refractivity contribution in [3.63, 3.8) is 0 Å². The molecule has 0 aromatic carbocycles. The maximum absolute atomic E-state index is 5.73. The number of hydrogen-bond donors (Lipinski definition) is 0. The van der Waals surface area contributed by atoms with E-state index in [0.717, 1.165) is 19.7 Å². The topological polar surface area (TPSA) is 21.7 Å². The third kappa shape index (κ3) is 2.92. The molecule has 2 aliphatic rings. The largest absolute Gasteiger partial charge is 0.379 e. The number of likely N-dealkylation sites (tertiary alicyclic amines) is 1. The standard InChI is InChI=1S/C12H23NO2/c1-10(2)15-9-12(4-5-12)8-13-6-11(7-13)14-3/h10-11H,4-9H2,1-3H3. The van der Waals surface area contributed by atoms with Gasteiger partial charge in [-0.15, -0.1) is 0 Å². The van der Waals surface area contributed by atoms with Crippen LogP contribution in [0.3, 0.4) is 0 Å². The zero-order chi connectivity index (χ0) is 10.9. The minimum atomic E-state index is 0.366. The van der Waals surface area contributed by atoms with Gasteiger partial charge in [0, 0.05) is 32.2 Å². The van der Waals surface area contributed by atoms with Crippen molar-refractivity contribution in [1.82, 2.24) is 4.90 Å². The van der Waals surface area contributed by atoms with Gasteiger partial charge in [0.2, 0.25) is 0 Å². The Balaban J connectivity index is 1.66. The third-order valence-electron chi connectivity index (χ3n) is 3.50. The Labute approximate surface area is 92.7 Å². The van der Waals surface area contributed by atoms with E-state index in [9.17, 15) is 0 Å². The first kappa shape index (κ1) is 11.4. The van der Waals surface area contributed by atoms with E-state index in [1.807, 2.05) is 0 Å². The summed E-state index contributed by atoms with van der Waals surface area (Å²) in [4.78, 5) is 2.49. The summed E-state index contributed by atoms with van der Waals surface area (Å²) in [6.07, 6.45) is 3.53. The van der Waals surface area contributed by atoms with Crippen LogP contribution in [0.4, 0.5) is 0 Å². The summed E-state index contributed by atoms with van der Waals surface area (Å²) in [5, 5.41) is 0. The molecule has 1 aliphatic heterocycles. The molecule has 1 saturated carbocycles. The fourth-order valence-corrected chi connectivity index (χ4v) is 2.14. The monoisotopic (exact) mass is 213 g/mol. The summed E-state index contributed by atoms with van der Waals surface area (Å²) >= 11 is 0. The van der Waals surface area contributed by atoms with Gasteiger partial charge in [-0.1, -0.05) is 0 Å². The highest BCUT2D eigenvalue weighted by Crippen LogP contribution is 2.47. The molecule has 1 aliphatic carbocycles. The second kappa shape index (κ2) is 4.40. The lowest BCUT2D eigenvalue weighted by Crippen LogP contribution is -2.53. The molecular formula is C12H23NO2. The molecule has 0 N–H and O–H groups in total. The molecule has 0 radical (unpaired) electrons. The molecule has 3 heteroatoms. The summed E-state index contributed by atoms with van der Waals surface area (Å²) in [5.74, 6) is 0. The molecule has 1 saturated heterocycles. The molecule has 0 bridgehead atoms. The second-order valence-corrected chi connectivity index (χ2v) is 5.41. The first-order chi connectivity index (χ1) is 7.13. The average Bonchev–Trinajstić information content (AvgIpc) is 2.88. The summed E-state index contributed by atoms with van der Waals surface area (Å²) in [7, 11) is 1.80. The van der Waals surface area contributed by atoms with Crippen LogP contribution >= 0.6 is 0 Å². The Morgan fingerprint density at radius 2 is 2.00 bits per heavy atom. The van der Waals surface area contributed by atoms with Crippen molar-refractivity contribution in [3.05, 3.63) is 0 Å². The number of rotatable bonds is 6. The van der Waals surface area contributed by atoms with E-state index in [1.54, 1.807) is 7.11 Å². The zero-order valence-corrected chi connectivity index (χ0v) is 10.2. The summed E-state index contributed by atoms with van der Waals surface area (Å²) < 4.78 is 11.0. The van der Waals surface area contributed by atoms with Crippen LogP contribution in [0.25, 0.3) is 0 Å². The zero-order valence-electron chi connectivity index (χ0n) is 10.2. The SMILES string of the molecule is COC1CN(CC2(COC(C)C)CC2)C1. The molecule has 0 spiro atoms. The van der Waals surface area contributed by atoms with Crippen LogP contribution in [-0.4, -0.2) is 50.5 Å². The van der Waals surface area contributed by atoms with Crippen LogP contribution in [0.15, 0.2) is 0 Å². The Morgan fingerprint density at radius 1 is 1.33 bits per heavy atom. The predicted octanol–water partition coefficient (Wildman–Crippen LogP) is 1.52. The van der Waals surface area contributed by atoms with Crippen molar-refractivity contribution in [2.24, 2.45) is 5.41 Å². The lowest BCUT2D eigenvalue weighted by molar-refractivity contribution is -0.0493. The van der Waals surface area contributed by atoms with Crippen LogP contribution in [0.1, 0.15) is 26.7 Å². The fraction of sp³-hybridized carbons (Fsp3) is 1.00. The molecular weight excluding hydrogens is 190 g/mol. The van der Waals surface area contributed by atoms with Gasteiger partial charge in [0.15, 0.2) is 0 Å². The fourth-order valence-electron chi connectivity index (χ4n) is 2.14. The maximum Gasteiger partial charge on any atom is 0.0824 e. The van der Waals surface area contributed by atoms with E-state index >= 15 is 0 Å². The Bertz CT molecular complexity index is 208. The first-order valence-corrected chi connectivity index (χ1v) is 6.00. The van der Waals surface area contributed by atoms with Crippen LogP contribution in [-0.2, 0) is 9.47 Å². The van der Waals surface area contributed by atoms with E-state index in [-0.39, 0.29) is 0 Å². The molecule has 0 amide bonds. The van der Waals surface area contributed by atoms with Crippen molar-refractivity contribution in [3.8, 4) is 0 Å². The minimum Gasteiger partial charge on any atom is -0.379 e. The van der Waals surface area contributed by atoms with Gasteiger partial charge in [-0.2, -0.15) is 0 Å². The third-order valence-corrected chi connectivity index (χ3v) is 3.50. The Hall–Kier alpha value is -0.120. The van der Waals surface area contributed by atoms with Crippen LogP contribution < -0.4 is 0 Å². The van der Waals surface area contributed by atoms with Crippen molar-refractivity contribution in [1.29, 1.82) is 0 Å². The molecule has 3 nitrogen and oxygen atoms in total. The van der Waals surface area contributed by atoms with Gasteiger partial charge in [-0.3, -0.25) is 4.90 Å². The quantitative estimate of drug-likeness (QED) is 0.668. The molecule has 0 aromatic rings. The first-order valence-electron chi connectivity index (χ1n) is 6.00. The molecule has 0 atom stereocenters. The lowest BCUT2D eigenvalue weighted by atomic mass is 10.0. The molecule has 0 unspecified atom stereocenters. The molecule has 15 heavy (non-hydrogen) atoms. The highest BCUT2D eigenvalue weighted by Gasteiger charge is 2.46. The summed E-state index contributed by atoms with van der Waals surface area (Å²) in [6, 6.07) is 0. The molecule has 0 aromatic heterocycles. The number of ether oxygens (including phenoxy) is 2. The summed E-state index contributed by atoms with van der Waals surface area (Å²) in [5.41, 5.74) is 0.489. The molecule has 88 valence electrons. The van der Waals surface area contributed by atoms with Crippen molar-refractivity contribution >= 4 is 0 Å². The van der Waals surface area contributed by atoms with E-state index in [1.165, 1.54) is 19.4 Å². The Kier molecular flexibility index (Phi) is 3.33. The molecule has 2 rings (SSSR count). The highest BCUT2D eigenvalue weighted by molar-refractivity contribution is 4.98. The van der Waals surface area contributed by atoms with Gasteiger partial charge in [-0.25, -0.2) is 0 Å². The Morgan fingerprint density at radius 3 is 2.47 bits per heavy atom. The smallest absolute Gasteiger partial charge is 0.0824 e. The van der Waals surface area contributed by atoms with Crippen molar-refractivity contribution in [2.75, 3.05) is 33.4 Å². The summed E-state index contributed by atoms with van der Waals surface area (Å²) in [6.45, 7) is 8.60. The van der Waals surface area contributed by atoms with E-state index < -0.39 is 0 Å².